The van der Waals surface area contributed by atoms with Crippen molar-refractivity contribution in [3.8, 4) is 0 Å². The molecule has 0 bridgehead atoms. The van der Waals surface area contributed by atoms with E-state index in [2.05, 4.69) is 41.6 Å². The summed E-state index contributed by atoms with van der Waals surface area (Å²) in [6, 6.07) is 7.73. The molecule has 1 saturated heterocycles. The molecule has 1 fully saturated rings. The van der Waals surface area contributed by atoms with Gasteiger partial charge in [0.15, 0.2) is 0 Å². The molecule has 9 heteroatoms. The Balaban J connectivity index is 1.84. The number of morpholine rings is 1. The lowest BCUT2D eigenvalue weighted by atomic mass is 10.3. The van der Waals surface area contributed by atoms with Crippen LogP contribution in [0.3, 0.4) is 0 Å². The number of hydrogen-bond acceptors (Lipinski definition) is 8. The summed E-state index contributed by atoms with van der Waals surface area (Å²) in [5.41, 5.74) is 3.35. The molecule has 1 aromatic heterocycles. The number of rotatable bonds is 4. The summed E-state index contributed by atoms with van der Waals surface area (Å²) in [7, 11) is 0. The van der Waals surface area contributed by atoms with E-state index < -0.39 is 0 Å². The summed E-state index contributed by atoms with van der Waals surface area (Å²) in [6.45, 7) is 2.80. The summed E-state index contributed by atoms with van der Waals surface area (Å²) in [5, 5.41) is 3.15. The second-order valence-electron chi connectivity index (χ2n) is 4.66. The summed E-state index contributed by atoms with van der Waals surface area (Å²) < 4.78 is 6.35. The maximum atomic E-state index is 5.45. The zero-order chi connectivity index (χ0) is 15.4. The zero-order valence-electron chi connectivity index (χ0n) is 11.8. The van der Waals surface area contributed by atoms with Crippen LogP contribution in [-0.4, -0.2) is 41.3 Å². The first-order chi connectivity index (χ1) is 10.7. The molecule has 0 spiro atoms. The first-order valence-electron chi connectivity index (χ1n) is 6.82. The molecule has 8 nitrogen and oxygen atoms in total. The number of nitrogens with two attached hydrogens (primary N) is 1. The van der Waals surface area contributed by atoms with Crippen LogP contribution in [0.15, 0.2) is 28.7 Å². The van der Waals surface area contributed by atoms with E-state index in [1.807, 2.05) is 29.2 Å². The van der Waals surface area contributed by atoms with Gasteiger partial charge >= 0.3 is 0 Å². The van der Waals surface area contributed by atoms with Crippen molar-refractivity contribution in [1.29, 1.82) is 0 Å². The molecular formula is C13H16BrN7O. The largest absolute Gasteiger partial charge is 0.378 e. The number of ether oxygens (including phenoxy) is 1. The Morgan fingerprint density at radius 2 is 1.73 bits per heavy atom. The van der Waals surface area contributed by atoms with Gasteiger partial charge < -0.3 is 15.0 Å². The number of nitrogens with one attached hydrogen (secondary N) is 2. The van der Waals surface area contributed by atoms with Crippen LogP contribution in [0, 0.1) is 0 Å². The predicted molar refractivity (Wildman–Crippen MR) is 88.1 cm³/mol. The quantitative estimate of drug-likeness (QED) is 0.553. The molecule has 1 aromatic carbocycles. The lowest BCUT2D eigenvalue weighted by Gasteiger charge is -2.27. The second kappa shape index (κ2) is 6.86. The average molecular weight is 366 g/mol. The number of aromatic nitrogens is 3. The van der Waals surface area contributed by atoms with Gasteiger partial charge in [-0.25, -0.2) is 5.84 Å². The standard InChI is InChI=1S/C13H16BrN7O/c14-9-1-3-10(4-2-9)16-11-17-12(20-15)19-13(18-11)21-5-7-22-8-6-21/h1-4H,5-8,15H2,(H2,16,17,18,19,20). The molecule has 1 aliphatic heterocycles. The zero-order valence-corrected chi connectivity index (χ0v) is 13.4. The van der Waals surface area contributed by atoms with Gasteiger partial charge in [0.2, 0.25) is 17.8 Å². The summed E-state index contributed by atoms with van der Waals surface area (Å²) in [6.07, 6.45) is 0. The number of anilines is 4. The van der Waals surface area contributed by atoms with Crippen LogP contribution in [0.4, 0.5) is 23.5 Å². The molecule has 0 aliphatic carbocycles. The molecule has 116 valence electrons. The number of benzene rings is 1. The third kappa shape index (κ3) is 3.62. The molecule has 4 N–H and O–H groups in total. The van der Waals surface area contributed by atoms with E-state index in [9.17, 15) is 0 Å². The Hall–Kier alpha value is -1.97. The number of nitrogen functional groups attached to an aromatic ring is 1. The van der Waals surface area contributed by atoms with E-state index in [-0.39, 0.29) is 0 Å². The van der Waals surface area contributed by atoms with Crippen molar-refractivity contribution in [3.63, 3.8) is 0 Å². The minimum absolute atomic E-state index is 0.316. The van der Waals surface area contributed by atoms with Crippen molar-refractivity contribution < 1.29 is 4.74 Å². The van der Waals surface area contributed by atoms with E-state index >= 15 is 0 Å². The molecule has 0 radical (unpaired) electrons. The molecular weight excluding hydrogens is 350 g/mol. The van der Waals surface area contributed by atoms with Gasteiger partial charge in [-0.2, -0.15) is 15.0 Å². The highest BCUT2D eigenvalue weighted by molar-refractivity contribution is 9.10. The molecule has 2 heterocycles. The lowest BCUT2D eigenvalue weighted by Crippen LogP contribution is -2.37. The van der Waals surface area contributed by atoms with Crippen molar-refractivity contribution in [2.24, 2.45) is 5.84 Å². The van der Waals surface area contributed by atoms with Crippen molar-refractivity contribution in [3.05, 3.63) is 28.7 Å². The van der Waals surface area contributed by atoms with Gasteiger partial charge in [-0.3, -0.25) is 5.43 Å². The van der Waals surface area contributed by atoms with Crippen LogP contribution in [0.5, 0.6) is 0 Å². The second-order valence-corrected chi connectivity index (χ2v) is 5.57. The van der Waals surface area contributed by atoms with Crippen LogP contribution >= 0.6 is 15.9 Å². The van der Waals surface area contributed by atoms with E-state index in [0.29, 0.717) is 31.1 Å². The summed E-state index contributed by atoms with van der Waals surface area (Å²) in [5.74, 6) is 6.78. The Morgan fingerprint density at radius 1 is 1.05 bits per heavy atom. The molecule has 3 rings (SSSR count). The van der Waals surface area contributed by atoms with Crippen LogP contribution in [0.25, 0.3) is 0 Å². The van der Waals surface area contributed by atoms with Crippen molar-refractivity contribution in [1.82, 2.24) is 15.0 Å². The molecule has 22 heavy (non-hydrogen) atoms. The minimum atomic E-state index is 0.316. The van der Waals surface area contributed by atoms with E-state index in [1.54, 1.807) is 0 Å². The third-order valence-corrected chi connectivity index (χ3v) is 3.68. The van der Waals surface area contributed by atoms with Gasteiger partial charge in [0, 0.05) is 23.2 Å². The Morgan fingerprint density at radius 3 is 2.41 bits per heavy atom. The van der Waals surface area contributed by atoms with Gasteiger partial charge in [0.25, 0.3) is 0 Å². The smallest absolute Gasteiger partial charge is 0.243 e. The first kappa shape index (κ1) is 14.9. The fraction of sp³-hybridized carbons (Fsp3) is 0.308. The normalized spacial score (nSPS) is 14.7. The molecule has 0 unspecified atom stereocenters. The van der Waals surface area contributed by atoms with Gasteiger partial charge in [-0.05, 0) is 24.3 Å². The van der Waals surface area contributed by atoms with Crippen LogP contribution < -0.4 is 21.5 Å². The van der Waals surface area contributed by atoms with E-state index in [1.165, 1.54) is 0 Å². The molecule has 2 aromatic rings. The van der Waals surface area contributed by atoms with Crippen molar-refractivity contribution in [2.75, 3.05) is 41.9 Å². The number of nitrogens with zero attached hydrogens (tertiary/aromatic N) is 4. The average Bonchev–Trinajstić information content (AvgIpc) is 2.57. The molecule has 1 aliphatic rings. The van der Waals surface area contributed by atoms with Crippen LogP contribution in [-0.2, 0) is 4.74 Å². The van der Waals surface area contributed by atoms with Crippen molar-refractivity contribution >= 4 is 39.5 Å². The third-order valence-electron chi connectivity index (χ3n) is 3.15. The summed E-state index contributed by atoms with van der Waals surface area (Å²) in [4.78, 5) is 15.0. The Kier molecular flexibility index (Phi) is 4.66. The highest BCUT2D eigenvalue weighted by atomic mass is 79.9. The fourth-order valence-corrected chi connectivity index (χ4v) is 2.32. The Labute approximate surface area is 136 Å². The SMILES string of the molecule is NNc1nc(Nc2ccc(Br)cc2)nc(N2CCOCC2)n1. The van der Waals surface area contributed by atoms with Crippen LogP contribution in [0.1, 0.15) is 0 Å². The van der Waals surface area contributed by atoms with E-state index in [0.717, 1.165) is 23.2 Å². The first-order valence-corrected chi connectivity index (χ1v) is 7.62. The number of hydrogen-bond donors (Lipinski definition) is 3. The maximum Gasteiger partial charge on any atom is 0.243 e. The van der Waals surface area contributed by atoms with Gasteiger partial charge in [0.05, 0.1) is 13.2 Å². The van der Waals surface area contributed by atoms with E-state index in [4.69, 9.17) is 10.6 Å². The Bertz CT molecular complexity index is 631. The van der Waals surface area contributed by atoms with Gasteiger partial charge in [-0.15, -0.1) is 0 Å². The monoisotopic (exact) mass is 365 g/mol. The highest BCUT2D eigenvalue weighted by Gasteiger charge is 2.16. The maximum absolute atomic E-state index is 5.45. The van der Waals surface area contributed by atoms with Crippen molar-refractivity contribution in [2.45, 2.75) is 0 Å². The topological polar surface area (TPSA) is 101 Å². The fourth-order valence-electron chi connectivity index (χ4n) is 2.05. The summed E-state index contributed by atoms with van der Waals surface area (Å²) >= 11 is 3.40. The molecule has 0 amide bonds. The van der Waals surface area contributed by atoms with Gasteiger partial charge in [-0.1, -0.05) is 15.9 Å². The number of halogens is 1. The van der Waals surface area contributed by atoms with Crippen LogP contribution in [0.2, 0.25) is 0 Å². The lowest BCUT2D eigenvalue weighted by molar-refractivity contribution is 0.122. The van der Waals surface area contributed by atoms with Gasteiger partial charge in [0.1, 0.15) is 0 Å². The molecule has 0 saturated carbocycles. The number of hydrazine groups is 1. The highest BCUT2D eigenvalue weighted by Crippen LogP contribution is 2.20. The molecule has 0 atom stereocenters. The minimum Gasteiger partial charge on any atom is -0.378 e. The predicted octanol–water partition coefficient (Wildman–Crippen LogP) is 1.50.